The summed E-state index contributed by atoms with van der Waals surface area (Å²) in [6, 6.07) is 5.85. The van der Waals surface area contributed by atoms with Crippen LogP contribution in [0, 0.1) is 0 Å². The zero-order chi connectivity index (χ0) is 10.8. The number of rotatable bonds is 2. The standard InChI is InChI=1S/C11H14N2O2/c1-13-10-5-4-9(12-15-2)7-8(10)3-6-11(13)14/h4-5,7,12H,3,6H2,1-2H3. The van der Waals surface area contributed by atoms with Gasteiger partial charge in [0.15, 0.2) is 0 Å². The fourth-order valence-electron chi connectivity index (χ4n) is 1.84. The van der Waals surface area contributed by atoms with E-state index in [0.29, 0.717) is 6.42 Å². The molecule has 0 saturated carbocycles. The van der Waals surface area contributed by atoms with Crippen molar-refractivity contribution in [1.29, 1.82) is 0 Å². The fraction of sp³-hybridized carbons (Fsp3) is 0.364. The highest BCUT2D eigenvalue weighted by Gasteiger charge is 2.20. The van der Waals surface area contributed by atoms with Crippen molar-refractivity contribution in [2.24, 2.45) is 0 Å². The lowest BCUT2D eigenvalue weighted by atomic mass is 10.0. The van der Waals surface area contributed by atoms with Crippen LogP contribution in [-0.2, 0) is 16.1 Å². The van der Waals surface area contributed by atoms with E-state index in [9.17, 15) is 4.79 Å². The third-order valence-corrected chi connectivity index (χ3v) is 2.64. The first-order valence-electron chi connectivity index (χ1n) is 4.91. The van der Waals surface area contributed by atoms with Crippen molar-refractivity contribution in [3.63, 3.8) is 0 Å². The summed E-state index contributed by atoms with van der Waals surface area (Å²) in [7, 11) is 3.39. The number of amides is 1. The van der Waals surface area contributed by atoms with E-state index in [2.05, 4.69) is 5.48 Å². The van der Waals surface area contributed by atoms with E-state index < -0.39 is 0 Å². The smallest absolute Gasteiger partial charge is 0.227 e. The molecule has 0 aliphatic carbocycles. The molecular formula is C11H14N2O2. The van der Waals surface area contributed by atoms with E-state index in [0.717, 1.165) is 17.8 Å². The fourth-order valence-corrected chi connectivity index (χ4v) is 1.84. The number of nitrogens with one attached hydrogen (secondary N) is 1. The van der Waals surface area contributed by atoms with Gasteiger partial charge in [0.2, 0.25) is 5.91 Å². The van der Waals surface area contributed by atoms with Gasteiger partial charge in [-0.15, -0.1) is 0 Å². The molecule has 15 heavy (non-hydrogen) atoms. The Labute approximate surface area is 88.8 Å². The molecule has 0 radical (unpaired) electrons. The summed E-state index contributed by atoms with van der Waals surface area (Å²) in [4.78, 5) is 18.0. The van der Waals surface area contributed by atoms with Crippen LogP contribution >= 0.6 is 0 Å². The Hall–Kier alpha value is -1.55. The largest absolute Gasteiger partial charge is 0.315 e. The lowest BCUT2D eigenvalue weighted by molar-refractivity contribution is -0.118. The summed E-state index contributed by atoms with van der Waals surface area (Å²) in [5.41, 5.74) is 5.87. The number of hydrogen-bond donors (Lipinski definition) is 1. The molecule has 0 spiro atoms. The van der Waals surface area contributed by atoms with E-state index in [4.69, 9.17) is 4.84 Å². The Bertz CT molecular complexity index is 390. The number of anilines is 2. The van der Waals surface area contributed by atoms with Crippen LogP contribution in [0.3, 0.4) is 0 Å². The number of nitrogens with zero attached hydrogens (tertiary/aromatic N) is 1. The van der Waals surface area contributed by atoms with Crippen molar-refractivity contribution in [2.45, 2.75) is 12.8 Å². The lowest BCUT2D eigenvalue weighted by Gasteiger charge is -2.26. The van der Waals surface area contributed by atoms with Gasteiger partial charge in [0, 0.05) is 19.2 Å². The van der Waals surface area contributed by atoms with Gasteiger partial charge in [-0.2, -0.15) is 0 Å². The molecule has 0 saturated heterocycles. The number of fused-ring (bicyclic) bond motifs is 1. The van der Waals surface area contributed by atoms with Gasteiger partial charge in [0.05, 0.1) is 12.8 Å². The van der Waals surface area contributed by atoms with Gasteiger partial charge in [-0.05, 0) is 30.2 Å². The van der Waals surface area contributed by atoms with Gasteiger partial charge in [-0.3, -0.25) is 15.1 Å². The minimum absolute atomic E-state index is 0.176. The number of carbonyl (C=O) groups excluding carboxylic acids is 1. The minimum atomic E-state index is 0.176. The molecule has 1 N–H and O–H groups in total. The Morgan fingerprint density at radius 1 is 1.40 bits per heavy atom. The van der Waals surface area contributed by atoms with Crippen LogP contribution in [0.2, 0.25) is 0 Å². The van der Waals surface area contributed by atoms with Crippen molar-refractivity contribution in [1.82, 2.24) is 0 Å². The second-order valence-electron chi connectivity index (χ2n) is 3.60. The van der Waals surface area contributed by atoms with Gasteiger partial charge in [-0.25, -0.2) is 0 Å². The third-order valence-electron chi connectivity index (χ3n) is 2.64. The van der Waals surface area contributed by atoms with E-state index in [1.807, 2.05) is 25.2 Å². The number of carbonyl (C=O) groups is 1. The van der Waals surface area contributed by atoms with Gasteiger partial charge < -0.3 is 4.90 Å². The molecule has 0 unspecified atom stereocenters. The summed E-state index contributed by atoms with van der Waals surface area (Å²) in [6.45, 7) is 0. The van der Waals surface area contributed by atoms with E-state index >= 15 is 0 Å². The minimum Gasteiger partial charge on any atom is -0.315 e. The molecule has 2 rings (SSSR count). The van der Waals surface area contributed by atoms with Gasteiger partial charge in [-0.1, -0.05) is 0 Å². The van der Waals surface area contributed by atoms with Crippen LogP contribution in [0.1, 0.15) is 12.0 Å². The van der Waals surface area contributed by atoms with Crippen LogP contribution < -0.4 is 10.4 Å². The summed E-state index contributed by atoms with van der Waals surface area (Å²) >= 11 is 0. The van der Waals surface area contributed by atoms with Crippen LogP contribution in [-0.4, -0.2) is 20.1 Å². The normalized spacial score (nSPS) is 15.1. The van der Waals surface area contributed by atoms with E-state index in [1.54, 1.807) is 12.0 Å². The molecule has 0 bridgehead atoms. The second-order valence-corrected chi connectivity index (χ2v) is 3.60. The number of aryl methyl sites for hydroxylation is 1. The van der Waals surface area contributed by atoms with Crippen LogP contribution in [0.4, 0.5) is 11.4 Å². The van der Waals surface area contributed by atoms with E-state index in [-0.39, 0.29) is 5.91 Å². The highest BCUT2D eigenvalue weighted by Crippen LogP contribution is 2.28. The molecular weight excluding hydrogens is 192 g/mol. The second kappa shape index (κ2) is 3.90. The molecule has 1 aliphatic heterocycles. The Kier molecular flexibility index (Phi) is 2.60. The molecule has 0 fully saturated rings. The summed E-state index contributed by atoms with van der Waals surface area (Å²) < 4.78 is 0. The molecule has 1 amide bonds. The van der Waals surface area contributed by atoms with Gasteiger partial charge >= 0.3 is 0 Å². The van der Waals surface area contributed by atoms with Gasteiger partial charge in [0.25, 0.3) is 0 Å². The molecule has 1 heterocycles. The predicted octanol–water partition coefficient (Wildman–Crippen LogP) is 1.57. The zero-order valence-corrected chi connectivity index (χ0v) is 8.91. The maximum atomic E-state index is 11.5. The Morgan fingerprint density at radius 3 is 2.93 bits per heavy atom. The predicted molar refractivity (Wildman–Crippen MR) is 58.8 cm³/mol. The SMILES string of the molecule is CONc1ccc2c(c1)CCC(=O)N2C. The first kappa shape index (κ1) is 9.98. The zero-order valence-electron chi connectivity index (χ0n) is 8.91. The first-order chi connectivity index (χ1) is 7.22. The maximum Gasteiger partial charge on any atom is 0.227 e. The maximum absolute atomic E-state index is 11.5. The van der Waals surface area contributed by atoms with E-state index in [1.165, 1.54) is 5.56 Å². The van der Waals surface area contributed by atoms with Crippen molar-refractivity contribution >= 4 is 17.3 Å². The molecule has 1 aromatic rings. The highest BCUT2D eigenvalue weighted by molar-refractivity contribution is 5.96. The molecule has 0 aromatic heterocycles. The van der Waals surface area contributed by atoms with Crippen molar-refractivity contribution in [2.75, 3.05) is 24.5 Å². The number of benzene rings is 1. The number of hydrogen-bond acceptors (Lipinski definition) is 3. The van der Waals surface area contributed by atoms with Gasteiger partial charge in [0.1, 0.15) is 0 Å². The topological polar surface area (TPSA) is 41.6 Å². The first-order valence-corrected chi connectivity index (χ1v) is 4.91. The van der Waals surface area contributed by atoms with Crippen LogP contribution in [0.5, 0.6) is 0 Å². The quantitative estimate of drug-likeness (QED) is 0.747. The average Bonchev–Trinajstić information content (AvgIpc) is 2.24. The third kappa shape index (κ3) is 1.80. The van der Waals surface area contributed by atoms with Crippen molar-refractivity contribution in [3.8, 4) is 0 Å². The molecule has 0 atom stereocenters. The molecule has 1 aliphatic rings. The molecule has 4 nitrogen and oxygen atoms in total. The van der Waals surface area contributed by atoms with Crippen molar-refractivity contribution in [3.05, 3.63) is 23.8 Å². The Balaban J connectivity index is 2.34. The monoisotopic (exact) mass is 206 g/mol. The summed E-state index contributed by atoms with van der Waals surface area (Å²) in [5, 5.41) is 0. The van der Waals surface area contributed by atoms with Crippen LogP contribution in [0.15, 0.2) is 18.2 Å². The molecule has 80 valence electrons. The Morgan fingerprint density at radius 2 is 2.20 bits per heavy atom. The summed E-state index contributed by atoms with van der Waals surface area (Å²) in [6.07, 6.45) is 1.39. The summed E-state index contributed by atoms with van der Waals surface area (Å²) in [5.74, 6) is 0.176. The lowest BCUT2D eigenvalue weighted by Crippen LogP contribution is -2.31. The van der Waals surface area contributed by atoms with Crippen molar-refractivity contribution < 1.29 is 9.63 Å². The highest BCUT2D eigenvalue weighted by atomic mass is 16.6. The molecule has 1 aromatic carbocycles. The van der Waals surface area contributed by atoms with Crippen LogP contribution in [0.25, 0.3) is 0 Å². The average molecular weight is 206 g/mol. The molecule has 4 heteroatoms.